The number of nitrogens with one attached hydrogen (secondary N) is 2. The van der Waals surface area contributed by atoms with Gasteiger partial charge in [0.25, 0.3) is 0 Å². The Bertz CT molecular complexity index is 402. The molecule has 20 heavy (non-hydrogen) atoms. The molecule has 0 spiro atoms. The van der Waals surface area contributed by atoms with E-state index in [1.165, 1.54) is 4.88 Å². The number of amides is 2. The topological polar surface area (TPSA) is 61.4 Å². The van der Waals surface area contributed by atoms with Crippen molar-refractivity contribution in [3.63, 3.8) is 0 Å². The van der Waals surface area contributed by atoms with Gasteiger partial charge in [-0.1, -0.05) is 33.8 Å². The van der Waals surface area contributed by atoms with Gasteiger partial charge < -0.3 is 15.7 Å². The van der Waals surface area contributed by atoms with E-state index < -0.39 is 0 Å². The summed E-state index contributed by atoms with van der Waals surface area (Å²) in [5, 5.41) is 17.4. The van der Waals surface area contributed by atoms with Gasteiger partial charge in [0, 0.05) is 23.4 Å². The quantitative estimate of drug-likeness (QED) is 0.725. The van der Waals surface area contributed by atoms with Crippen LogP contribution in [0, 0.1) is 5.92 Å². The highest BCUT2D eigenvalue weighted by Crippen LogP contribution is 2.26. The number of carbonyl (C=O) groups is 1. The van der Waals surface area contributed by atoms with Crippen LogP contribution in [0.1, 0.15) is 39.0 Å². The second kappa shape index (κ2) is 7.64. The predicted octanol–water partition coefficient (Wildman–Crippen LogP) is 2.73. The van der Waals surface area contributed by atoms with Crippen molar-refractivity contribution < 1.29 is 9.90 Å². The summed E-state index contributed by atoms with van der Waals surface area (Å²) in [6.45, 7) is 9.24. The van der Waals surface area contributed by atoms with Gasteiger partial charge in [0.05, 0.1) is 6.10 Å². The Morgan fingerprint density at radius 1 is 1.40 bits per heavy atom. The van der Waals surface area contributed by atoms with Gasteiger partial charge in [-0.05, 0) is 23.8 Å². The zero-order valence-electron chi connectivity index (χ0n) is 12.8. The van der Waals surface area contributed by atoms with Crippen LogP contribution >= 0.6 is 11.3 Å². The van der Waals surface area contributed by atoms with Crippen molar-refractivity contribution >= 4 is 17.4 Å². The summed E-state index contributed by atoms with van der Waals surface area (Å²) in [5.74, 6) is 0.220. The molecule has 1 aromatic rings. The number of hydrogen-bond donors (Lipinski definition) is 3. The van der Waals surface area contributed by atoms with Gasteiger partial charge in [-0.25, -0.2) is 4.79 Å². The maximum atomic E-state index is 11.7. The maximum absolute atomic E-state index is 11.7. The predicted molar refractivity (Wildman–Crippen MR) is 84.2 cm³/mol. The Balaban J connectivity index is 2.26. The molecule has 0 bridgehead atoms. The summed E-state index contributed by atoms with van der Waals surface area (Å²) in [6.07, 6.45) is 0.220. The second-order valence-corrected chi connectivity index (χ2v) is 7.02. The van der Waals surface area contributed by atoms with Crippen LogP contribution in [-0.2, 0) is 5.41 Å². The zero-order valence-corrected chi connectivity index (χ0v) is 13.6. The lowest BCUT2D eigenvalue weighted by Crippen LogP contribution is -2.42. The molecule has 5 heteroatoms. The third-order valence-corrected chi connectivity index (χ3v) is 4.61. The molecule has 1 aromatic heterocycles. The van der Waals surface area contributed by atoms with Gasteiger partial charge in [-0.3, -0.25) is 0 Å². The second-order valence-electron chi connectivity index (χ2n) is 6.07. The van der Waals surface area contributed by atoms with E-state index >= 15 is 0 Å². The van der Waals surface area contributed by atoms with Crippen molar-refractivity contribution in [2.75, 3.05) is 13.1 Å². The van der Waals surface area contributed by atoms with Gasteiger partial charge in [-0.15, -0.1) is 11.3 Å². The number of aliphatic hydroxyl groups is 1. The minimum Gasteiger partial charge on any atom is -0.393 e. The molecule has 0 aromatic carbocycles. The van der Waals surface area contributed by atoms with E-state index in [1.807, 2.05) is 25.3 Å². The summed E-state index contributed by atoms with van der Waals surface area (Å²) in [7, 11) is 0. The first kappa shape index (κ1) is 17.0. The smallest absolute Gasteiger partial charge is 0.314 e. The van der Waals surface area contributed by atoms with Crippen LogP contribution in [-0.4, -0.2) is 30.3 Å². The van der Waals surface area contributed by atoms with Crippen molar-refractivity contribution in [2.45, 2.75) is 45.6 Å². The summed E-state index contributed by atoms with van der Waals surface area (Å²) in [4.78, 5) is 13.0. The Hall–Kier alpha value is -1.07. The van der Waals surface area contributed by atoms with Gasteiger partial charge in [0.1, 0.15) is 0 Å². The molecule has 1 unspecified atom stereocenters. The van der Waals surface area contributed by atoms with Gasteiger partial charge in [0.15, 0.2) is 0 Å². The highest BCUT2D eigenvalue weighted by atomic mass is 32.1. The van der Waals surface area contributed by atoms with Crippen molar-refractivity contribution in [1.29, 1.82) is 0 Å². The third-order valence-electron chi connectivity index (χ3n) is 3.37. The molecule has 114 valence electrons. The fraction of sp³-hybridized carbons (Fsp3) is 0.667. The lowest BCUT2D eigenvalue weighted by atomic mass is 9.91. The number of rotatable bonds is 7. The lowest BCUT2D eigenvalue weighted by Gasteiger charge is -2.24. The minimum absolute atomic E-state index is 0.0665. The molecule has 0 aliphatic rings. The van der Waals surface area contributed by atoms with Crippen molar-refractivity contribution in [3.8, 4) is 0 Å². The monoisotopic (exact) mass is 298 g/mol. The van der Waals surface area contributed by atoms with Crippen LogP contribution in [0.4, 0.5) is 4.79 Å². The zero-order chi connectivity index (χ0) is 15.2. The lowest BCUT2D eigenvalue weighted by molar-refractivity contribution is 0.116. The minimum atomic E-state index is -0.363. The highest BCUT2D eigenvalue weighted by molar-refractivity contribution is 7.10. The van der Waals surface area contributed by atoms with Crippen LogP contribution < -0.4 is 10.6 Å². The fourth-order valence-electron chi connectivity index (χ4n) is 1.78. The van der Waals surface area contributed by atoms with E-state index in [4.69, 9.17) is 0 Å². The van der Waals surface area contributed by atoms with Crippen molar-refractivity contribution in [3.05, 3.63) is 22.4 Å². The van der Waals surface area contributed by atoms with Crippen LogP contribution in [0.25, 0.3) is 0 Å². The third kappa shape index (κ3) is 5.51. The van der Waals surface area contributed by atoms with E-state index in [0.29, 0.717) is 19.5 Å². The Morgan fingerprint density at radius 3 is 2.65 bits per heavy atom. The number of hydrogen-bond acceptors (Lipinski definition) is 3. The van der Waals surface area contributed by atoms with Crippen molar-refractivity contribution in [1.82, 2.24) is 10.6 Å². The van der Waals surface area contributed by atoms with E-state index in [9.17, 15) is 9.90 Å². The molecule has 1 rings (SSSR count). The molecule has 1 heterocycles. The summed E-state index contributed by atoms with van der Waals surface area (Å²) < 4.78 is 0. The van der Waals surface area contributed by atoms with E-state index in [2.05, 4.69) is 30.5 Å². The molecular weight excluding hydrogens is 272 g/mol. The molecule has 0 aliphatic heterocycles. The van der Waals surface area contributed by atoms with Crippen LogP contribution in [0.2, 0.25) is 0 Å². The van der Waals surface area contributed by atoms with E-state index in [-0.39, 0.29) is 23.5 Å². The Morgan fingerprint density at radius 2 is 2.10 bits per heavy atom. The molecule has 0 fully saturated rings. The molecule has 0 radical (unpaired) electrons. The SMILES string of the molecule is CC(C)C(O)CCNC(=O)NCC(C)(C)c1cccs1. The van der Waals surface area contributed by atoms with Gasteiger partial charge in [0.2, 0.25) is 0 Å². The molecule has 0 aliphatic carbocycles. The van der Waals surface area contributed by atoms with E-state index in [0.717, 1.165) is 0 Å². The molecule has 4 nitrogen and oxygen atoms in total. The average Bonchev–Trinajstić information content (AvgIpc) is 2.90. The molecule has 3 N–H and O–H groups in total. The number of thiophene rings is 1. The van der Waals surface area contributed by atoms with Crippen LogP contribution in [0.5, 0.6) is 0 Å². The number of carbonyl (C=O) groups excluding carboxylic acids is 1. The Labute approximate surface area is 125 Å². The summed E-state index contributed by atoms with van der Waals surface area (Å²) in [5.41, 5.74) is -0.0665. The first-order valence-corrected chi connectivity index (χ1v) is 7.94. The molecule has 2 amide bonds. The summed E-state index contributed by atoms with van der Waals surface area (Å²) in [6, 6.07) is 3.93. The summed E-state index contributed by atoms with van der Waals surface area (Å²) >= 11 is 1.70. The normalized spacial score (nSPS) is 13.3. The fourth-order valence-corrected chi connectivity index (χ4v) is 2.63. The van der Waals surface area contributed by atoms with E-state index in [1.54, 1.807) is 11.3 Å². The average molecular weight is 298 g/mol. The first-order chi connectivity index (χ1) is 9.33. The van der Waals surface area contributed by atoms with Crippen LogP contribution in [0.15, 0.2) is 17.5 Å². The van der Waals surface area contributed by atoms with Crippen molar-refractivity contribution in [2.24, 2.45) is 5.92 Å². The molecule has 0 saturated heterocycles. The van der Waals surface area contributed by atoms with Gasteiger partial charge >= 0.3 is 6.03 Å². The molecule has 0 saturated carbocycles. The maximum Gasteiger partial charge on any atom is 0.314 e. The standard InChI is InChI=1S/C15H26N2O2S/c1-11(2)12(18)7-8-16-14(19)17-10-15(3,4)13-6-5-9-20-13/h5-6,9,11-12,18H,7-8,10H2,1-4H3,(H2,16,17,19). The molecular formula is C15H26N2O2S. The van der Waals surface area contributed by atoms with Gasteiger partial charge in [-0.2, -0.15) is 0 Å². The number of aliphatic hydroxyl groups excluding tert-OH is 1. The number of urea groups is 1. The first-order valence-electron chi connectivity index (χ1n) is 7.06. The molecule has 1 atom stereocenters. The Kier molecular flexibility index (Phi) is 6.49. The van der Waals surface area contributed by atoms with Crippen LogP contribution in [0.3, 0.4) is 0 Å². The highest BCUT2D eigenvalue weighted by Gasteiger charge is 2.22. The largest absolute Gasteiger partial charge is 0.393 e.